The van der Waals surface area contributed by atoms with E-state index in [4.69, 9.17) is 9.47 Å². The average Bonchev–Trinajstić information content (AvgIpc) is 2.28. The second-order valence-electron chi connectivity index (χ2n) is 3.22. The zero-order valence-corrected chi connectivity index (χ0v) is 9.54. The first-order chi connectivity index (χ1) is 7.21. The molecular weight excluding hydrogens is 188 g/mol. The minimum Gasteiger partial charge on any atom is -0.497 e. The molecule has 0 N–H and O–H groups in total. The summed E-state index contributed by atoms with van der Waals surface area (Å²) in [6.45, 7) is 8.37. The normalized spacial score (nSPS) is 10.1. The zero-order valence-electron chi connectivity index (χ0n) is 9.54. The highest BCUT2D eigenvalue weighted by Crippen LogP contribution is 2.27. The number of benzene rings is 1. The molecule has 0 atom stereocenters. The Morgan fingerprint density at radius 2 is 2.00 bits per heavy atom. The minimum atomic E-state index is 0.653. The van der Waals surface area contributed by atoms with Gasteiger partial charge < -0.3 is 9.47 Å². The largest absolute Gasteiger partial charge is 0.497 e. The van der Waals surface area contributed by atoms with E-state index in [-0.39, 0.29) is 0 Å². The smallest absolute Gasteiger partial charge is 0.123 e. The first-order valence-electron chi connectivity index (χ1n) is 4.99. The molecule has 2 heteroatoms. The number of ether oxygens (including phenoxy) is 2. The van der Waals surface area contributed by atoms with Crippen LogP contribution in [0.2, 0.25) is 0 Å². The predicted octanol–water partition coefficient (Wildman–Crippen LogP) is 3.22. The molecule has 1 aromatic rings. The van der Waals surface area contributed by atoms with Crippen LogP contribution in [0, 0.1) is 5.92 Å². The number of hydrogen-bond acceptors (Lipinski definition) is 2. The summed E-state index contributed by atoms with van der Waals surface area (Å²) in [4.78, 5) is 0. The maximum Gasteiger partial charge on any atom is 0.123 e. The van der Waals surface area contributed by atoms with E-state index >= 15 is 0 Å². The lowest BCUT2D eigenvalue weighted by atomic mass is 10.0. The highest BCUT2D eigenvalue weighted by atomic mass is 16.5. The first kappa shape index (κ1) is 11.6. The number of allylic oxidation sites excluding steroid dienone is 1. The third-order valence-electron chi connectivity index (χ3n) is 2.19. The molecular formula is C13H17O2. The third-order valence-corrected chi connectivity index (χ3v) is 2.19. The van der Waals surface area contributed by atoms with Gasteiger partial charge in [0.25, 0.3) is 0 Å². The number of rotatable bonds is 5. The van der Waals surface area contributed by atoms with Crippen LogP contribution in [0.15, 0.2) is 30.9 Å². The van der Waals surface area contributed by atoms with Crippen molar-refractivity contribution in [2.45, 2.75) is 13.8 Å². The van der Waals surface area contributed by atoms with Crippen LogP contribution in [-0.2, 0) is 0 Å². The van der Waals surface area contributed by atoms with Gasteiger partial charge >= 0.3 is 0 Å². The summed E-state index contributed by atoms with van der Waals surface area (Å²) in [7, 11) is 1.65. The van der Waals surface area contributed by atoms with Crippen LogP contribution in [0.25, 0.3) is 0 Å². The van der Waals surface area contributed by atoms with Crippen molar-refractivity contribution < 1.29 is 9.47 Å². The van der Waals surface area contributed by atoms with E-state index in [1.165, 1.54) is 0 Å². The van der Waals surface area contributed by atoms with Gasteiger partial charge in [-0.1, -0.05) is 13.0 Å². The van der Waals surface area contributed by atoms with Gasteiger partial charge in [-0.05, 0) is 24.6 Å². The lowest BCUT2D eigenvalue weighted by molar-refractivity contribution is 0.336. The van der Waals surface area contributed by atoms with E-state index < -0.39 is 0 Å². The lowest BCUT2D eigenvalue weighted by Crippen LogP contribution is -1.96. The fourth-order valence-corrected chi connectivity index (χ4v) is 1.29. The molecule has 0 aliphatic rings. The third kappa shape index (κ3) is 3.01. The molecule has 2 nitrogen and oxygen atoms in total. The molecule has 1 rings (SSSR count). The molecule has 0 spiro atoms. The van der Waals surface area contributed by atoms with Crippen LogP contribution in [-0.4, -0.2) is 13.7 Å². The van der Waals surface area contributed by atoms with Gasteiger partial charge in [-0.2, -0.15) is 0 Å². The first-order valence-corrected chi connectivity index (χ1v) is 4.99. The van der Waals surface area contributed by atoms with Crippen molar-refractivity contribution in [2.75, 3.05) is 13.7 Å². The Morgan fingerprint density at radius 1 is 1.33 bits per heavy atom. The van der Waals surface area contributed by atoms with Gasteiger partial charge in [-0.3, -0.25) is 0 Å². The summed E-state index contributed by atoms with van der Waals surface area (Å²) < 4.78 is 10.7. The number of methoxy groups -OCH3 is 1. The van der Waals surface area contributed by atoms with Gasteiger partial charge in [-0.25, -0.2) is 0 Å². The molecule has 0 aliphatic carbocycles. The Bertz CT molecular complexity index is 331. The van der Waals surface area contributed by atoms with E-state index in [0.29, 0.717) is 6.61 Å². The monoisotopic (exact) mass is 205 g/mol. The SMILES string of the molecule is C=C[C](C)c1cc(OC)cc(OCC)c1. The second kappa shape index (κ2) is 5.44. The summed E-state index contributed by atoms with van der Waals surface area (Å²) in [6, 6.07) is 5.84. The minimum absolute atomic E-state index is 0.653. The van der Waals surface area contributed by atoms with Gasteiger partial charge in [0.15, 0.2) is 0 Å². The van der Waals surface area contributed by atoms with Gasteiger partial charge in [-0.15, -0.1) is 6.58 Å². The average molecular weight is 205 g/mol. The van der Waals surface area contributed by atoms with E-state index in [2.05, 4.69) is 6.58 Å². The molecule has 1 aromatic carbocycles. The van der Waals surface area contributed by atoms with Crippen LogP contribution in [0.5, 0.6) is 11.5 Å². The topological polar surface area (TPSA) is 18.5 Å². The summed E-state index contributed by atoms with van der Waals surface area (Å²) in [5.74, 6) is 2.74. The maximum atomic E-state index is 5.46. The molecule has 0 unspecified atom stereocenters. The molecule has 0 heterocycles. The fourth-order valence-electron chi connectivity index (χ4n) is 1.29. The van der Waals surface area contributed by atoms with Crippen molar-refractivity contribution in [1.82, 2.24) is 0 Å². The van der Waals surface area contributed by atoms with E-state index in [9.17, 15) is 0 Å². The fraction of sp³-hybridized carbons (Fsp3) is 0.308. The van der Waals surface area contributed by atoms with Crippen molar-refractivity contribution >= 4 is 0 Å². The Morgan fingerprint density at radius 3 is 2.53 bits per heavy atom. The molecule has 0 bridgehead atoms. The van der Waals surface area contributed by atoms with Crippen molar-refractivity contribution in [3.8, 4) is 11.5 Å². The molecule has 0 aliphatic heterocycles. The summed E-state index contributed by atoms with van der Waals surface area (Å²) >= 11 is 0. The van der Waals surface area contributed by atoms with Crippen molar-refractivity contribution in [2.24, 2.45) is 0 Å². The van der Waals surface area contributed by atoms with Gasteiger partial charge in [0.05, 0.1) is 13.7 Å². The predicted molar refractivity (Wildman–Crippen MR) is 62.4 cm³/mol. The van der Waals surface area contributed by atoms with E-state index in [0.717, 1.165) is 23.0 Å². The van der Waals surface area contributed by atoms with Crippen LogP contribution in [0.3, 0.4) is 0 Å². The van der Waals surface area contributed by atoms with Crippen LogP contribution >= 0.6 is 0 Å². The highest BCUT2D eigenvalue weighted by molar-refractivity contribution is 5.46. The van der Waals surface area contributed by atoms with E-state index in [1.807, 2.05) is 38.1 Å². The Balaban J connectivity index is 3.04. The summed E-state index contributed by atoms with van der Waals surface area (Å²) in [6.07, 6.45) is 1.82. The number of hydrogen-bond donors (Lipinski definition) is 0. The lowest BCUT2D eigenvalue weighted by Gasteiger charge is -2.11. The molecule has 81 valence electrons. The molecule has 15 heavy (non-hydrogen) atoms. The molecule has 0 fully saturated rings. The van der Waals surface area contributed by atoms with Gasteiger partial charge in [0.2, 0.25) is 0 Å². The van der Waals surface area contributed by atoms with Crippen molar-refractivity contribution in [3.05, 3.63) is 42.3 Å². The molecule has 0 amide bonds. The van der Waals surface area contributed by atoms with Gasteiger partial charge in [0, 0.05) is 12.0 Å². The van der Waals surface area contributed by atoms with E-state index in [1.54, 1.807) is 7.11 Å². The zero-order chi connectivity index (χ0) is 11.3. The van der Waals surface area contributed by atoms with Crippen molar-refractivity contribution in [1.29, 1.82) is 0 Å². The second-order valence-corrected chi connectivity index (χ2v) is 3.22. The van der Waals surface area contributed by atoms with Crippen LogP contribution in [0.1, 0.15) is 19.4 Å². The van der Waals surface area contributed by atoms with Crippen LogP contribution < -0.4 is 9.47 Å². The summed E-state index contributed by atoms with van der Waals surface area (Å²) in [5, 5.41) is 0. The van der Waals surface area contributed by atoms with Gasteiger partial charge in [0.1, 0.15) is 11.5 Å². The molecule has 0 saturated carbocycles. The summed E-state index contributed by atoms with van der Waals surface area (Å²) in [5.41, 5.74) is 1.08. The molecule has 1 radical (unpaired) electrons. The van der Waals surface area contributed by atoms with Crippen molar-refractivity contribution in [3.63, 3.8) is 0 Å². The Hall–Kier alpha value is -1.44. The van der Waals surface area contributed by atoms with Crippen LogP contribution in [0.4, 0.5) is 0 Å². The quantitative estimate of drug-likeness (QED) is 0.734. The Labute approximate surface area is 91.5 Å². The maximum absolute atomic E-state index is 5.46. The standard InChI is InChI=1S/C13H17O2/c1-5-10(3)11-7-12(14-4)9-13(8-11)15-6-2/h5,7-9H,1,6H2,2-4H3. The molecule has 0 saturated heterocycles. The highest BCUT2D eigenvalue weighted by Gasteiger charge is 2.06. The molecule has 0 aromatic heterocycles. The Kier molecular flexibility index (Phi) is 4.22.